The molecule has 0 saturated heterocycles. The van der Waals surface area contributed by atoms with Crippen LogP contribution in [0.3, 0.4) is 0 Å². The van der Waals surface area contributed by atoms with Crippen LogP contribution in [-0.4, -0.2) is 85.0 Å². The number of hydrogen-bond acceptors (Lipinski definition) is 12. The van der Waals surface area contributed by atoms with Crippen LogP contribution in [-0.2, 0) is 59.0 Å². The quantitative estimate of drug-likeness (QED) is 0.0299. The molecule has 0 radical (unpaired) electrons. The molecule has 0 aliphatic rings. The first kappa shape index (κ1) is 134. The average Bonchev–Trinajstić information content (AvgIpc) is 0.703. The van der Waals surface area contributed by atoms with Crippen LogP contribution in [0.25, 0.3) is 32.3 Å². The van der Waals surface area contributed by atoms with Gasteiger partial charge in [-0.2, -0.15) is 0 Å². The van der Waals surface area contributed by atoms with E-state index in [2.05, 4.69) is 41.5 Å². The van der Waals surface area contributed by atoms with Crippen molar-refractivity contribution in [1.82, 2.24) is 0 Å². The SMILES string of the molecule is CCCCCCCCCCCCCCCCCCS(=O)(=O)c1cc2c3cc(S(=O)(=O)CCCCCCCCCCCCCCCCCC)c(S(=O)(=O)CCCCCCCCCCCCCCCCCC)cc3c3cc(S(=O)(=O)CCCCCCCCCCCCCCCCCC)c(S(=O)(=O)CCCCCCCCCCCCCCCCCC)cc3c2cc1S(=O)(=O)CCCCCCCCCCCCCCCCCC. The summed E-state index contributed by atoms with van der Waals surface area (Å²) in [5.41, 5.74) is 0. The Morgan fingerprint density at radius 2 is 0.167 bits per heavy atom. The first-order valence-corrected chi connectivity index (χ1v) is 72.8. The molecule has 0 bridgehead atoms. The average molecular weight is 2130 g/mol. The number of unbranched alkanes of at least 4 members (excludes halogenated alkanes) is 90. The van der Waals surface area contributed by atoms with E-state index < -0.39 is 88.4 Å². The molecule has 12 nitrogen and oxygen atoms in total. The largest absolute Gasteiger partial charge is 0.224 e. The summed E-state index contributed by atoms with van der Waals surface area (Å²) >= 11 is 0. The Balaban J connectivity index is 1.96. The van der Waals surface area contributed by atoms with Crippen molar-refractivity contribution in [1.29, 1.82) is 0 Å². The second-order valence-electron chi connectivity index (χ2n) is 45.3. The zero-order valence-corrected chi connectivity index (χ0v) is 99.8. The van der Waals surface area contributed by atoms with Gasteiger partial charge in [0.1, 0.15) is 0 Å². The van der Waals surface area contributed by atoms with E-state index in [0.717, 1.165) is 154 Å². The van der Waals surface area contributed by atoms with E-state index in [1.54, 1.807) is 0 Å². The van der Waals surface area contributed by atoms with Crippen LogP contribution in [0.2, 0.25) is 0 Å². The number of rotatable bonds is 108. The Kier molecular flexibility index (Phi) is 80.4. The van der Waals surface area contributed by atoms with E-state index >= 15 is 50.5 Å². The molecule has 0 heterocycles. The summed E-state index contributed by atoms with van der Waals surface area (Å²) in [6.45, 7) is 13.5. The van der Waals surface area contributed by atoms with Crippen LogP contribution in [0, 0.1) is 0 Å². The van der Waals surface area contributed by atoms with E-state index in [1.165, 1.54) is 422 Å². The standard InChI is InChI=1S/C126H228O12S6/c1-7-13-19-25-31-37-43-49-55-61-67-73-79-85-91-97-103-139(127,128)121-109-115-116(110-122(121)140(129,130)104-98-92-86-80-74-68-62-56-50-44-38-32-26-20-14-8-2)118-112-124(142(133,134)106-100-94-88-82-76-70-64-58-52-46-40-34-28-22-16-10-4)126(144(137,138)108-102-96-90-84-78-72-66-60-54-48-42-36-30-24-18-12-6)114-120(118)119-113-125(143(135,136)107-101-95-89-83-77-71-65-59-53-47-41-35-29-23-17-11-5)123(111-117(115)119)141(131,132)105-99-93-87-81-75-69-63-57-51-45-39-33-27-21-15-9-3/h109-114H,7-108H2,1-6H3. The van der Waals surface area contributed by atoms with E-state index in [4.69, 9.17) is 0 Å². The van der Waals surface area contributed by atoms with Crippen molar-refractivity contribution in [3.05, 3.63) is 36.4 Å². The molecular weight excluding hydrogens is 1900 g/mol. The molecule has 0 unspecified atom stereocenters. The topological polar surface area (TPSA) is 205 Å². The van der Waals surface area contributed by atoms with Gasteiger partial charge in [0.2, 0.25) is 0 Å². The van der Waals surface area contributed by atoms with Gasteiger partial charge >= 0.3 is 0 Å². The number of hydrogen-bond donors (Lipinski definition) is 0. The van der Waals surface area contributed by atoms with Gasteiger partial charge in [0.05, 0.1) is 63.9 Å². The molecule has 0 amide bonds. The predicted octanol–water partition coefficient (Wildman–Crippen LogP) is 41.4. The molecule has 0 saturated carbocycles. The number of fused-ring (bicyclic) bond motifs is 6. The lowest BCUT2D eigenvalue weighted by atomic mass is 9.94. The van der Waals surface area contributed by atoms with Gasteiger partial charge in [0.15, 0.2) is 59.0 Å². The van der Waals surface area contributed by atoms with Gasteiger partial charge in [-0.1, -0.05) is 619 Å². The van der Waals surface area contributed by atoms with Crippen LogP contribution in [0.1, 0.15) is 658 Å². The summed E-state index contributed by atoms with van der Waals surface area (Å²) in [6.07, 6.45) is 105. The highest BCUT2D eigenvalue weighted by atomic mass is 32.2. The molecule has 0 aromatic heterocycles. The Morgan fingerprint density at radius 3 is 0.236 bits per heavy atom. The van der Waals surface area contributed by atoms with Crippen molar-refractivity contribution in [2.75, 3.05) is 34.5 Å². The molecule has 0 aliphatic heterocycles. The highest BCUT2D eigenvalue weighted by Gasteiger charge is 2.35. The minimum atomic E-state index is -4.48. The van der Waals surface area contributed by atoms with Crippen LogP contribution < -0.4 is 0 Å². The molecule has 4 rings (SSSR count). The molecule has 144 heavy (non-hydrogen) atoms. The Labute approximate surface area is 893 Å². The van der Waals surface area contributed by atoms with Crippen molar-refractivity contribution in [2.45, 2.75) is 687 Å². The zero-order valence-electron chi connectivity index (χ0n) is 94.9. The molecule has 0 fully saturated rings. The molecular formula is C126H228O12S6. The summed E-state index contributed by atoms with van der Waals surface area (Å²) in [6, 6.07) is 8.27. The second kappa shape index (κ2) is 86.7. The van der Waals surface area contributed by atoms with Crippen molar-refractivity contribution in [2.24, 2.45) is 0 Å². The van der Waals surface area contributed by atoms with Crippen LogP contribution in [0.4, 0.5) is 0 Å². The maximum atomic E-state index is 15.8. The second-order valence-corrected chi connectivity index (χ2v) is 57.7. The smallest absolute Gasteiger partial charge is 0.179 e. The Bertz CT molecular complexity index is 3750. The van der Waals surface area contributed by atoms with E-state index in [1.807, 2.05) is 0 Å². The van der Waals surface area contributed by atoms with Crippen molar-refractivity contribution >= 4 is 91.3 Å². The minimum absolute atomic E-state index is 0.120. The molecule has 0 atom stereocenters. The third-order valence-corrected chi connectivity index (χ3v) is 43.1. The Hall–Kier alpha value is -2.64. The third-order valence-electron chi connectivity index (χ3n) is 31.7. The summed E-state index contributed by atoms with van der Waals surface area (Å²) in [5.74, 6) is -2.12. The lowest BCUT2D eigenvalue weighted by Crippen LogP contribution is -2.17. The zero-order chi connectivity index (χ0) is 104. The fourth-order valence-corrected chi connectivity index (χ4v) is 33.3. The van der Waals surface area contributed by atoms with E-state index in [0.29, 0.717) is 38.5 Å². The van der Waals surface area contributed by atoms with Gasteiger partial charge in [0.25, 0.3) is 0 Å². The fourth-order valence-electron chi connectivity index (χ4n) is 22.2. The van der Waals surface area contributed by atoms with Crippen LogP contribution in [0.5, 0.6) is 0 Å². The first-order chi connectivity index (χ1) is 70.0. The van der Waals surface area contributed by atoms with Gasteiger partial charge in [-0.3, -0.25) is 0 Å². The van der Waals surface area contributed by atoms with Crippen molar-refractivity contribution < 1.29 is 50.5 Å². The summed E-state index contributed by atoms with van der Waals surface area (Å²) in [7, 11) is -26.9. The minimum Gasteiger partial charge on any atom is -0.224 e. The number of sulfone groups is 6. The van der Waals surface area contributed by atoms with Crippen molar-refractivity contribution in [3.63, 3.8) is 0 Å². The van der Waals surface area contributed by atoms with Gasteiger partial charge in [-0.15, -0.1) is 0 Å². The molecule has 840 valence electrons. The number of benzene rings is 4. The lowest BCUT2D eigenvalue weighted by Gasteiger charge is -2.20. The van der Waals surface area contributed by atoms with Gasteiger partial charge in [-0.25, -0.2) is 50.5 Å². The highest BCUT2D eigenvalue weighted by Crippen LogP contribution is 2.46. The molecule has 0 spiro atoms. The first-order valence-electron chi connectivity index (χ1n) is 62.9. The van der Waals surface area contributed by atoms with Crippen molar-refractivity contribution in [3.8, 4) is 0 Å². The van der Waals surface area contributed by atoms with Crippen LogP contribution in [0.15, 0.2) is 65.8 Å². The predicted molar refractivity (Wildman–Crippen MR) is 629 cm³/mol. The molecule has 4 aromatic carbocycles. The van der Waals surface area contributed by atoms with Gasteiger partial charge in [-0.05, 0) is 107 Å². The fraction of sp³-hybridized carbons (Fsp3) is 0.857. The normalized spacial score (nSPS) is 12.6. The van der Waals surface area contributed by atoms with Gasteiger partial charge in [0, 0.05) is 0 Å². The summed E-state index contributed by atoms with van der Waals surface area (Å²) in [4.78, 5) is -2.50. The molecule has 0 N–H and O–H groups in total. The highest BCUT2D eigenvalue weighted by molar-refractivity contribution is 7.95. The Morgan fingerprint density at radius 1 is 0.104 bits per heavy atom. The van der Waals surface area contributed by atoms with Crippen LogP contribution >= 0.6 is 0 Å². The third kappa shape index (κ3) is 62.0. The molecule has 18 heteroatoms. The maximum absolute atomic E-state index is 15.8. The summed E-state index contributed by atoms with van der Waals surface area (Å²) in [5, 5.41) is 0.722. The monoisotopic (exact) mass is 2130 g/mol. The van der Waals surface area contributed by atoms with E-state index in [9.17, 15) is 0 Å². The summed E-state index contributed by atoms with van der Waals surface area (Å²) < 4.78 is 190. The maximum Gasteiger partial charge on any atom is 0.179 e. The molecule has 0 aliphatic carbocycles. The lowest BCUT2D eigenvalue weighted by molar-refractivity contribution is 0.530. The van der Waals surface area contributed by atoms with Gasteiger partial charge < -0.3 is 0 Å². The van der Waals surface area contributed by atoms with E-state index in [-0.39, 0.29) is 105 Å². The molecule has 4 aromatic rings.